The summed E-state index contributed by atoms with van der Waals surface area (Å²) in [5.74, 6) is -0.0122. The van der Waals surface area contributed by atoms with Gasteiger partial charge in [-0.25, -0.2) is 13.1 Å². The van der Waals surface area contributed by atoms with Gasteiger partial charge in [-0.2, -0.15) is 5.10 Å². The molecule has 0 aliphatic heterocycles. The first-order valence-electron chi connectivity index (χ1n) is 7.63. The van der Waals surface area contributed by atoms with Crippen LogP contribution in [0.25, 0.3) is 0 Å². The quantitative estimate of drug-likeness (QED) is 0.658. The van der Waals surface area contributed by atoms with Gasteiger partial charge >= 0.3 is 6.36 Å². The van der Waals surface area contributed by atoms with Crippen LogP contribution in [0, 0.1) is 0 Å². The first kappa shape index (κ1) is 19.0. The van der Waals surface area contributed by atoms with Crippen LogP contribution in [0.15, 0.2) is 70.4 Å². The number of halogens is 3. The predicted molar refractivity (Wildman–Crippen MR) is 87.4 cm³/mol. The summed E-state index contributed by atoms with van der Waals surface area (Å²) in [6, 6.07) is 8.42. The second kappa shape index (κ2) is 7.45. The third-order valence-corrected chi connectivity index (χ3v) is 4.99. The van der Waals surface area contributed by atoms with Crippen molar-refractivity contribution in [2.45, 2.75) is 17.3 Å². The van der Waals surface area contributed by atoms with Crippen molar-refractivity contribution in [2.75, 3.05) is 6.54 Å². The highest BCUT2D eigenvalue weighted by Gasteiger charge is 2.31. The molecule has 3 rings (SSSR count). The Hall–Kier alpha value is -2.79. The number of sulfonamides is 1. The fourth-order valence-corrected chi connectivity index (χ4v) is 3.40. The topological polar surface area (TPSA) is 86.4 Å². The lowest BCUT2D eigenvalue weighted by atomic mass is 10.2. The highest BCUT2D eigenvalue weighted by molar-refractivity contribution is 7.89. The van der Waals surface area contributed by atoms with E-state index in [9.17, 15) is 21.6 Å². The van der Waals surface area contributed by atoms with E-state index in [4.69, 9.17) is 4.42 Å². The Labute approximate surface area is 152 Å². The fourth-order valence-electron chi connectivity index (χ4n) is 2.36. The van der Waals surface area contributed by atoms with Gasteiger partial charge in [0.15, 0.2) is 0 Å². The van der Waals surface area contributed by atoms with Gasteiger partial charge in [0.05, 0.1) is 11.2 Å². The second-order valence-corrected chi connectivity index (χ2v) is 7.16. The summed E-state index contributed by atoms with van der Waals surface area (Å²) in [4.78, 5) is -0.198. The molecular formula is C16H14F3N3O4S. The molecule has 27 heavy (non-hydrogen) atoms. The van der Waals surface area contributed by atoms with Crippen LogP contribution in [0.5, 0.6) is 5.75 Å². The number of hydrogen-bond acceptors (Lipinski definition) is 5. The summed E-state index contributed by atoms with van der Waals surface area (Å²) in [6.07, 6.45) is -0.188. The number of nitrogens with one attached hydrogen (secondary N) is 1. The lowest BCUT2D eigenvalue weighted by molar-refractivity contribution is -0.274. The van der Waals surface area contributed by atoms with E-state index in [0.29, 0.717) is 5.76 Å². The number of nitrogens with zero attached hydrogens (tertiary/aromatic N) is 2. The monoisotopic (exact) mass is 401 g/mol. The van der Waals surface area contributed by atoms with E-state index in [0.717, 1.165) is 24.3 Å². The average Bonchev–Trinajstić information content (AvgIpc) is 3.28. The molecule has 1 N–H and O–H groups in total. The van der Waals surface area contributed by atoms with E-state index in [1.54, 1.807) is 30.6 Å². The molecule has 3 aromatic rings. The van der Waals surface area contributed by atoms with Gasteiger partial charge in [-0.15, -0.1) is 13.2 Å². The first-order chi connectivity index (χ1) is 12.7. The maximum atomic E-state index is 12.4. The third kappa shape index (κ3) is 4.89. The molecule has 0 saturated heterocycles. The highest BCUT2D eigenvalue weighted by atomic mass is 32.2. The molecule has 1 atom stereocenters. The van der Waals surface area contributed by atoms with Gasteiger partial charge in [-0.3, -0.25) is 4.68 Å². The van der Waals surface area contributed by atoms with Gasteiger partial charge in [0.1, 0.15) is 17.6 Å². The van der Waals surface area contributed by atoms with E-state index in [2.05, 4.69) is 14.6 Å². The van der Waals surface area contributed by atoms with Crippen molar-refractivity contribution in [3.63, 3.8) is 0 Å². The van der Waals surface area contributed by atoms with Crippen LogP contribution in [0.1, 0.15) is 11.8 Å². The Morgan fingerprint density at radius 1 is 1.19 bits per heavy atom. The minimum absolute atomic E-state index is 0.0711. The molecule has 144 valence electrons. The van der Waals surface area contributed by atoms with Crippen molar-refractivity contribution in [1.29, 1.82) is 0 Å². The molecule has 0 fully saturated rings. The normalized spacial score (nSPS) is 13.4. The molecule has 0 aliphatic rings. The molecule has 2 heterocycles. The molecule has 0 radical (unpaired) electrons. The summed E-state index contributed by atoms with van der Waals surface area (Å²) in [6.45, 7) is -0.0711. The van der Waals surface area contributed by atoms with Crippen molar-refractivity contribution in [1.82, 2.24) is 14.5 Å². The lowest BCUT2D eigenvalue weighted by Crippen LogP contribution is -2.31. The molecule has 0 aliphatic carbocycles. The number of alkyl halides is 3. The maximum Gasteiger partial charge on any atom is 0.573 e. The minimum Gasteiger partial charge on any atom is -0.467 e. The van der Waals surface area contributed by atoms with E-state index in [-0.39, 0.29) is 11.4 Å². The zero-order chi connectivity index (χ0) is 19.5. The Bertz CT molecular complexity index is 919. The highest BCUT2D eigenvalue weighted by Crippen LogP contribution is 2.24. The zero-order valence-corrected chi connectivity index (χ0v) is 14.4. The van der Waals surface area contributed by atoms with Gasteiger partial charge in [0, 0.05) is 18.9 Å². The van der Waals surface area contributed by atoms with Crippen LogP contribution in [0.3, 0.4) is 0 Å². The fraction of sp³-hybridized carbons (Fsp3) is 0.188. The SMILES string of the molecule is O=S(=O)(NC[C@@H](c1ccco1)n1cccn1)c1ccc(OC(F)(F)F)cc1. The van der Waals surface area contributed by atoms with Gasteiger partial charge in [0.25, 0.3) is 0 Å². The van der Waals surface area contributed by atoms with Crippen LogP contribution in [-0.4, -0.2) is 31.1 Å². The largest absolute Gasteiger partial charge is 0.573 e. The van der Waals surface area contributed by atoms with Crippen LogP contribution in [-0.2, 0) is 10.0 Å². The van der Waals surface area contributed by atoms with Gasteiger partial charge in [-0.05, 0) is 42.5 Å². The Kier molecular flexibility index (Phi) is 5.24. The lowest BCUT2D eigenvalue weighted by Gasteiger charge is -2.16. The van der Waals surface area contributed by atoms with E-state index < -0.39 is 28.2 Å². The number of hydrogen-bond donors (Lipinski definition) is 1. The molecule has 0 spiro atoms. The molecule has 0 bridgehead atoms. The molecular weight excluding hydrogens is 387 g/mol. The number of rotatable bonds is 7. The van der Waals surface area contributed by atoms with E-state index >= 15 is 0 Å². The predicted octanol–water partition coefficient (Wildman–Crippen LogP) is 2.94. The molecule has 2 aromatic heterocycles. The first-order valence-corrected chi connectivity index (χ1v) is 9.11. The molecule has 1 aromatic carbocycles. The third-order valence-electron chi connectivity index (χ3n) is 3.55. The molecule has 7 nitrogen and oxygen atoms in total. The van der Waals surface area contributed by atoms with Gasteiger partial charge in [-0.1, -0.05) is 0 Å². The molecule has 0 amide bonds. The van der Waals surface area contributed by atoms with E-state index in [1.165, 1.54) is 10.9 Å². The summed E-state index contributed by atoms with van der Waals surface area (Å²) in [5.41, 5.74) is 0. The number of benzene rings is 1. The Balaban J connectivity index is 1.74. The maximum absolute atomic E-state index is 12.4. The zero-order valence-electron chi connectivity index (χ0n) is 13.6. The van der Waals surface area contributed by atoms with Gasteiger partial charge < -0.3 is 9.15 Å². The van der Waals surface area contributed by atoms with Gasteiger partial charge in [0.2, 0.25) is 10.0 Å². The summed E-state index contributed by atoms with van der Waals surface area (Å²) in [7, 11) is -3.97. The number of furan rings is 1. The standard InChI is InChI=1S/C16H14F3N3O4S/c17-16(18,19)26-12-4-6-13(7-5-12)27(23,24)21-11-14(15-3-1-10-25-15)22-9-2-8-20-22/h1-10,14,21H,11H2/t14-/m0/s1. The van der Waals surface area contributed by atoms with Crippen LogP contribution in [0.4, 0.5) is 13.2 Å². The molecule has 11 heteroatoms. The molecule has 0 unspecified atom stereocenters. The Morgan fingerprint density at radius 3 is 2.48 bits per heavy atom. The van der Waals surface area contributed by atoms with E-state index in [1.807, 2.05) is 0 Å². The summed E-state index contributed by atoms with van der Waals surface area (Å²) >= 11 is 0. The van der Waals surface area contributed by atoms with Crippen LogP contribution < -0.4 is 9.46 Å². The molecule has 0 saturated carbocycles. The summed E-state index contributed by atoms with van der Waals surface area (Å²) in [5, 5.41) is 4.09. The van der Waals surface area contributed by atoms with Crippen LogP contribution in [0.2, 0.25) is 0 Å². The van der Waals surface area contributed by atoms with Crippen molar-refractivity contribution in [3.05, 3.63) is 66.9 Å². The van der Waals surface area contributed by atoms with Crippen molar-refractivity contribution in [3.8, 4) is 5.75 Å². The van der Waals surface area contributed by atoms with Crippen molar-refractivity contribution < 1.29 is 30.7 Å². The number of aromatic nitrogens is 2. The van der Waals surface area contributed by atoms with Crippen molar-refractivity contribution >= 4 is 10.0 Å². The second-order valence-electron chi connectivity index (χ2n) is 5.39. The van der Waals surface area contributed by atoms with Crippen LogP contribution >= 0.6 is 0 Å². The Morgan fingerprint density at radius 2 is 1.93 bits per heavy atom. The minimum atomic E-state index is -4.85. The summed E-state index contributed by atoms with van der Waals surface area (Å²) < 4.78 is 74.4. The van der Waals surface area contributed by atoms with Crippen molar-refractivity contribution in [2.24, 2.45) is 0 Å². The number of ether oxygens (including phenoxy) is 1. The smallest absolute Gasteiger partial charge is 0.467 e. The average molecular weight is 401 g/mol.